The molecule has 0 aromatic heterocycles. The highest BCUT2D eigenvalue weighted by Crippen LogP contribution is 1.96. The van der Waals surface area contributed by atoms with Gasteiger partial charge in [-0.3, -0.25) is 0 Å². The van der Waals surface area contributed by atoms with Crippen LogP contribution in [0.15, 0.2) is 24.3 Å². The molecule has 1 aromatic rings. The minimum absolute atomic E-state index is 0.155. The van der Waals surface area contributed by atoms with E-state index in [1.165, 1.54) is 12.1 Å². The van der Waals surface area contributed by atoms with E-state index in [2.05, 4.69) is 0 Å². The van der Waals surface area contributed by atoms with Crippen molar-refractivity contribution in [2.24, 2.45) is 0 Å². The molecule has 0 aliphatic heterocycles. The van der Waals surface area contributed by atoms with Gasteiger partial charge in [0.25, 0.3) is 0 Å². The average molecular weight is 174 g/mol. The second kappa shape index (κ2) is 2.71. The van der Waals surface area contributed by atoms with Gasteiger partial charge in [-0.25, -0.2) is 4.39 Å². The molecule has 0 bridgehead atoms. The Morgan fingerprint density at radius 2 is 1.82 bits per heavy atom. The first-order valence-corrected chi connectivity index (χ1v) is 4.77. The summed E-state index contributed by atoms with van der Waals surface area (Å²) in [5.74, 6) is -0.600. The van der Waals surface area contributed by atoms with Crippen molar-refractivity contribution in [3.05, 3.63) is 30.1 Å². The summed E-state index contributed by atoms with van der Waals surface area (Å²) in [6, 6.07) is 4.61. The smallest absolute Gasteiger partial charge is 0.386 e. The zero-order valence-electron chi connectivity index (χ0n) is 5.53. The van der Waals surface area contributed by atoms with Crippen LogP contribution in [-0.2, 0) is 0 Å². The quantitative estimate of drug-likeness (QED) is 0.476. The van der Waals surface area contributed by atoms with E-state index in [1.54, 1.807) is 0 Å². The van der Waals surface area contributed by atoms with E-state index < -0.39 is 14.6 Å². The van der Waals surface area contributed by atoms with Crippen molar-refractivity contribution in [2.75, 3.05) is 0 Å². The third-order valence-electron chi connectivity index (χ3n) is 1.21. The first-order chi connectivity index (χ1) is 5.00. The first-order valence-electron chi connectivity index (χ1n) is 2.93. The fourth-order valence-electron chi connectivity index (χ4n) is 0.697. The zero-order chi connectivity index (χ0) is 8.48. The van der Waals surface area contributed by atoms with Crippen molar-refractivity contribution in [2.45, 2.75) is 0 Å². The van der Waals surface area contributed by atoms with Crippen LogP contribution in [0.1, 0.15) is 0 Å². The average Bonchev–Trinajstić information content (AvgIpc) is 1.86. The van der Waals surface area contributed by atoms with E-state index in [0.29, 0.717) is 0 Å². The molecule has 1 aromatic carbocycles. The molecule has 11 heavy (non-hydrogen) atoms. The van der Waals surface area contributed by atoms with E-state index in [1.807, 2.05) is 0 Å². The Morgan fingerprint density at radius 3 is 2.18 bits per heavy atom. The number of hydrogen-bond acceptors (Lipinski definition) is 3. The Balaban J connectivity index is 3.06. The predicted molar refractivity (Wildman–Crippen MR) is 38.4 cm³/mol. The summed E-state index contributed by atoms with van der Waals surface area (Å²) in [5, 5.41) is -0.155. The van der Waals surface area contributed by atoms with Crippen molar-refractivity contribution in [3.8, 4) is 0 Å². The lowest BCUT2D eigenvalue weighted by molar-refractivity contribution is 0.249. The standard InChI is InChI=1S/C6H7FO3Si/c7-5-2-1-3-6(4-5)11(8,9)10/h1-4,8-10H. The van der Waals surface area contributed by atoms with Crippen LogP contribution in [0.5, 0.6) is 0 Å². The van der Waals surface area contributed by atoms with E-state index in [-0.39, 0.29) is 5.19 Å². The Labute approximate surface area is 63.7 Å². The predicted octanol–water partition coefficient (Wildman–Crippen LogP) is -1.05. The SMILES string of the molecule is O[Si](O)(O)c1cccc(F)c1. The summed E-state index contributed by atoms with van der Waals surface area (Å²) >= 11 is 0. The van der Waals surface area contributed by atoms with Gasteiger partial charge in [0.05, 0.1) is 0 Å². The minimum atomic E-state index is -4.30. The van der Waals surface area contributed by atoms with Gasteiger partial charge in [-0.05, 0) is 12.1 Å². The molecule has 0 spiro atoms. The number of benzene rings is 1. The molecule has 0 fully saturated rings. The van der Waals surface area contributed by atoms with Crippen LogP contribution in [0.3, 0.4) is 0 Å². The Morgan fingerprint density at radius 1 is 1.18 bits per heavy atom. The van der Waals surface area contributed by atoms with Crippen molar-refractivity contribution in [1.29, 1.82) is 0 Å². The molecule has 3 N–H and O–H groups in total. The third-order valence-corrected chi connectivity index (χ3v) is 2.30. The van der Waals surface area contributed by atoms with Gasteiger partial charge in [0.2, 0.25) is 0 Å². The van der Waals surface area contributed by atoms with Crippen LogP contribution in [0.25, 0.3) is 0 Å². The molecule has 0 aliphatic carbocycles. The topological polar surface area (TPSA) is 60.7 Å². The third kappa shape index (κ3) is 2.09. The molecule has 1 rings (SSSR count). The molecule has 0 amide bonds. The first kappa shape index (κ1) is 8.34. The highest BCUT2D eigenvalue weighted by molar-refractivity contribution is 6.71. The van der Waals surface area contributed by atoms with Crippen LogP contribution in [0.2, 0.25) is 0 Å². The van der Waals surface area contributed by atoms with E-state index >= 15 is 0 Å². The fraction of sp³-hybridized carbons (Fsp3) is 0. The number of rotatable bonds is 1. The maximum Gasteiger partial charge on any atom is 0.529 e. The van der Waals surface area contributed by atoms with E-state index in [0.717, 1.165) is 12.1 Å². The molecule has 0 aliphatic rings. The molecular formula is C6H7FO3Si. The maximum atomic E-state index is 12.4. The number of hydrogen-bond donors (Lipinski definition) is 3. The van der Waals surface area contributed by atoms with Crippen molar-refractivity contribution in [1.82, 2.24) is 0 Å². The van der Waals surface area contributed by atoms with Crippen molar-refractivity contribution >= 4 is 14.0 Å². The summed E-state index contributed by atoms with van der Waals surface area (Å²) < 4.78 is 12.4. The summed E-state index contributed by atoms with van der Waals surface area (Å²) in [7, 11) is -4.30. The van der Waals surface area contributed by atoms with Crippen LogP contribution in [0.4, 0.5) is 4.39 Å². The lowest BCUT2D eigenvalue weighted by Crippen LogP contribution is -2.48. The van der Waals surface area contributed by atoms with Gasteiger partial charge in [0.15, 0.2) is 0 Å². The Kier molecular flexibility index (Phi) is 2.05. The summed E-state index contributed by atoms with van der Waals surface area (Å²) in [5.41, 5.74) is 0. The fourth-order valence-corrected chi connectivity index (χ4v) is 1.35. The van der Waals surface area contributed by atoms with Crippen LogP contribution in [0, 0.1) is 5.82 Å². The van der Waals surface area contributed by atoms with Crippen molar-refractivity contribution in [3.63, 3.8) is 0 Å². The Hall–Kier alpha value is -0.753. The normalized spacial score (nSPS) is 11.6. The van der Waals surface area contributed by atoms with Crippen molar-refractivity contribution < 1.29 is 18.8 Å². The van der Waals surface area contributed by atoms with Gasteiger partial charge in [0.1, 0.15) is 5.82 Å². The Bertz CT molecular complexity index is 258. The van der Waals surface area contributed by atoms with E-state index in [4.69, 9.17) is 14.4 Å². The van der Waals surface area contributed by atoms with E-state index in [9.17, 15) is 4.39 Å². The van der Waals surface area contributed by atoms with Gasteiger partial charge in [0, 0.05) is 5.19 Å². The lowest BCUT2D eigenvalue weighted by atomic mass is 10.3. The zero-order valence-corrected chi connectivity index (χ0v) is 6.53. The molecule has 0 atom stereocenters. The maximum absolute atomic E-state index is 12.4. The van der Waals surface area contributed by atoms with Crippen LogP contribution >= 0.6 is 0 Å². The van der Waals surface area contributed by atoms with Gasteiger partial charge < -0.3 is 14.4 Å². The molecule has 0 heterocycles. The van der Waals surface area contributed by atoms with Gasteiger partial charge in [-0.15, -0.1) is 0 Å². The van der Waals surface area contributed by atoms with Gasteiger partial charge in [-0.1, -0.05) is 12.1 Å². The van der Waals surface area contributed by atoms with Crippen LogP contribution in [-0.4, -0.2) is 23.2 Å². The molecule has 0 saturated carbocycles. The summed E-state index contributed by atoms with van der Waals surface area (Å²) in [6.45, 7) is 0. The van der Waals surface area contributed by atoms with Gasteiger partial charge in [-0.2, -0.15) is 0 Å². The second-order valence-electron chi connectivity index (χ2n) is 2.15. The lowest BCUT2D eigenvalue weighted by Gasteiger charge is -2.08. The van der Waals surface area contributed by atoms with Crippen LogP contribution < -0.4 is 5.19 Å². The minimum Gasteiger partial charge on any atom is -0.386 e. The molecule has 0 saturated heterocycles. The molecule has 60 valence electrons. The molecule has 5 heteroatoms. The monoisotopic (exact) mass is 174 g/mol. The molecule has 0 radical (unpaired) electrons. The van der Waals surface area contributed by atoms with Gasteiger partial charge >= 0.3 is 8.80 Å². The number of halogens is 1. The highest BCUT2D eigenvalue weighted by Gasteiger charge is 2.30. The highest BCUT2D eigenvalue weighted by atomic mass is 28.4. The molecular weight excluding hydrogens is 167 g/mol. The second-order valence-corrected chi connectivity index (χ2v) is 3.99. The molecule has 3 nitrogen and oxygen atoms in total. The summed E-state index contributed by atoms with van der Waals surface area (Å²) in [4.78, 5) is 26.1. The largest absolute Gasteiger partial charge is 0.529 e. The summed E-state index contributed by atoms with van der Waals surface area (Å²) in [6.07, 6.45) is 0. The molecule has 0 unspecified atom stereocenters.